The summed E-state index contributed by atoms with van der Waals surface area (Å²) in [6.45, 7) is 7.41. The Bertz CT molecular complexity index is 401. The van der Waals surface area contributed by atoms with E-state index < -0.39 is 0 Å². The number of hydrogen-bond donors (Lipinski definition) is 1. The molecular formula is C13H16ClNO. The van der Waals surface area contributed by atoms with Gasteiger partial charge in [0.25, 0.3) is 0 Å². The Kier molecular flexibility index (Phi) is 4.56. The number of benzene rings is 1. The summed E-state index contributed by atoms with van der Waals surface area (Å²) in [7, 11) is 0. The van der Waals surface area contributed by atoms with E-state index in [1.165, 1.54) is 0 Å². The van der Waals surface area contributed by atoms with E-state index in [1.807, 2.05) is 26.0 Å². The zero-order valence-electron chi connectivity index (χ0n) is 9.59. The van der Waals surface area contributed by atoms with E-state index in [-0.39, 0.29) is 11.8 Å². The number of anilines is 1. The van der Waals surface area contributed by atoms with Gasteiger partial charge in [0.1, 0.15) is 0 Å². The zero-order chi connectivity index (χ0) is 12.1. The molecule has 1 unspecified atom stereocenters. The van der Waals surface area contributed by atoms with Crippen molar-refractivity contribution in [2.45, 2.75) is 20.3 Å². The molecule has 0 radical (unpaired) electrons. The minimum atomic E-state index is -0.0717. The molecule has 0 saturated carbocycles. The van der Waals surface area contributed by atoms with Crippen molar-refractivity contribution < 1.29 is 4.79 Å². The van der Waals surface area contributed by atoms with Crippen LogP contribution >= 0.6 is 11.6 Å². The van der Waals surface area contributed by atoms with E-state index >= 15 is 0 Å². The van der Waals surface area contributed by atoms with Gasteiger partial charge < -0.3 is 5.32 Å². The lowest BCUT2D eigenvalue weighted by Gasteiger charge is -2.10. The van der Waals surface area contributed by atoms with Crippen LogP contribution in [0.5, 0.6) is 0 Å². The van der Waals surface area contributed by atoms with E-state index in [9.17, 15) is 4.79 Å². The predicted octanol–water partition coefficient (Wildman–Crippen LogP) is 3.80. The minimum absolute atomic E-state index is 0.0141. The molecule has 16 heavy (non-hydrogen) atoms. The smallest absolute Gasteiger partial charge is 0.227 e. The fraction of sp³-hybridized carbons (Fsp3) is 0.308. The molecule has 0 bridgehead atoms. The first kappa shape index (κ1) is 12.8. The molecule has 1 amide bonds. The lowest BCUT2D eigenvalue weighted by atomic mass is 10.1. The van der Waals surface area contributed by atoms with Gasteiger partial charge in [-0.25, -0.2) is 0 Å². The van der Waals surface area contributed by atoms with Gasteiger partial charge >= 0.3 is 0 Å². The molecule has 1 atom stereocenters. The molecule has 0 aliphatic rings. The maximum absolute atomic E-state index is 11.7. The maximum Gasteiger partial charge on any atom is 0.227 e. The minimum Gasteiger partial charge on any atom is -0.326 e. The Balaban J connectivity index is 2.69. The van der Waals surface area contributed by atoms with Gasteiger partial charge in [-0.1, -0.05) is 30.7 Å². The summed E-state index contributed by atoms with van der Waals surface area (Å²) in [4.78, 5) is 11.7. The summed E-state index contributed by atoms with van der Waals surface area (Å²) in [6, 6.07) is 5.49. The molecule has 2 nitrogen and oxygen atoms in total. The van der Waals surface area contributed by atoms with Crippen LogP contribution in [-0.4, -0.2) is 5.91 Å². The normalized spacial score (nSPS) is 11.9. The predicted molar refractivity (Wildman–Crippen MR) is 68.8 cm³/mol. The Morgan fingerprint density at radius 1 is 1.62 bits per heavy atom. The number of carbonyl (C=O) groups excluding carboxylic acids is 1. The van der Waals surface area contributed by atoms with Crippen LogP contribution in [0, 0.1) is 12.8 Å². The van der Waals surface area contributed by atoms with E-state index in [0.717, 1.165) is 11.3 Å². The highest BCUT2D eigenvalue weighted by Crippen LogP contribution is 2.20. The van der Waals surface area contributed by atoms with Gasteiger partial charge in [-0.3, -0.25) is 4.79 Å². The van der Waals surface area contributed by atoms with Crippen molar-refractivity contribution >= 4 is 23.2 Å². The molecule has 1 N–H and O–H groups in total. The molecule has 1 rings (SSSR count). The van der Waals surface area contributed by atoms with Crippen molar-refractivity contribution in [3.8, 4) is 0 Å². The topological polar surface area (TPSA) is 29.1 Å². The van der Waals surface area contributed by atoms with E-state index in [0.29, 0.717) is 11.4 Å². The van der Waals surface area contributed by atoms with Crippen LogP contribution < -0.4 is 5.32 Å². The zero-order valence-corrected chi connectivity index (χ0v) is 10.3. The molecule has 0 fully saturated rings. The van der Waals surface area contributed by atoms with Crippen LogP contribution in [0.1, 0.15) is 18.9 Å². The van der Waals surface area contributed by atoms with Crippen LogP contribution in [0.25, 0.3) is 0 Å². The van der Waals surface area contributed by atoms with Crippen LogP contribution in [0.4, 0.5) is 5.69 Å². The number of aryl methyl sites for hydroxylation is 1. The number of nitrogens with one attached hydrogen (secondary N) is 1. The first-order valence-corrected chi connectivity index (χ1v) is 5.60. The first-order chi connectivity index (χ1) is 7.54. The Labute approximate surface area is 101 Å². The van der Waals surface area contributed by atoms with Crippen molar-refractivity contribution in [3.63, 3.8) is 0 Å². The summed E-state index contributed by atoms with van der Waals surface area (Å²) in [5.74, 6) is -0.0857. The van der Waals surface area contributed by atoms with Crippen LogP contribution in [0.3, 0.4) is 0 Å². The van der Waals surface area contributed by atoms with Crippen LogP contribution in [0.2, 0.25) is 5.02 Å². The second-order valence-electron chi connectivity index (χ2n) is 3.88. The number of hydrogen-bond acceptors (Lipinski definition) is 1. The molecular weight excluding hydrogens is 222 g/mol. The Morgan fingerprint density at radius 2 is 2.31 bits per heavy atom. The molecule has 0 heterocycles. The van der Waals surface area contributed by atoms with Crippen LogP contribution in [0.15, 0.2) is 30.9 Å². The quantitative estimate of drug-likeness (QED) is 0.793. The van der Waals surface area contributed by atoms with Gasteiger partial charge in [-0.05, 0) is 31.0 Å². The third-order valence-corrected chi connectivity index (χ3v) is 2.81. The van der Waals surface area contributed by atoms with Crippen molar-refractivity contribution in [3.05, 3.63) is 41.4 Å². The monoisotopic (exact) mass is 237 g/mol. The standard InChI is InChI=1S/C13H16ClNO/c1-4-5-10(3)13(16)15-11-7-6-9(2)12(14)8-11/h4,6-8,10H,1,5H2,2-3H3,(H,15,16). The molecule has 3 heteroatoms. The fourth-order valence-corrected chi connectivity index (χ4v) is 1.47. The van der Waals surface area contributed by atoms with Crippen molar-refractivity contribution in [2.24, 2.45) is 5.92 Å². The first-order valence-electron chi connectivity index (χ1n) is 5.22. The van der Waals surface area contributed by atoms with Crippen molar-refractivity contribution in [2.75, 3.05) is 5.32 Å². The number of halogens is 1. The molecule has 86 valence electrons. The largest absolute Gasteiger partial charge is 0.326 e. The summed E-state index contributed by atoms with van der Waals surface area (Å²) in [6.07, 6.45) is 2.41. The summed E-state index contributed by atoms with van der Waals surface area (Å²) < 4.78 is 0. The van der Waals surface area contributed by atoms with E-state index in [4.69, 9.17) is 11.6 Å². The number of carbonyl (C=O) groups is 1. The van der Waals surface area contributed by atoms with Gasteiger partial charge in [0.15, 0.2) is 0 Å². The molecule has 0 aromatic heterocycles. The average molecular weight is 238 g/mol. The number of allylic oxidation sites excluding steroid dienone is 1. The van der Waals surface area contributed by atoms with Crippen LogP contribution in [-0.2, 0) is 4.79 Å². The second kappa shape index (κ2) is 5.71. The maximum atomic E-state index is 11.7. The van der Waals surface area contributed by atoms with Crippen molar-refractivity contribution in [1.82, 2.24) is 0 Å². The Hall–Kier alpha value is -1.28. The molecule has 0 saturated heterocycles. The van der Waals surface area contributed by atoms with Gasteiger partial charge in [-0.15, -0.1) is 6.58 Å². The van der Waals surface area contributed by atoms with E-state index in [1.54, 1.807) is 12.1 Å². The second-order valence-corrected chi connectivity index (χ2v) is 4.29. The highest BCUT2D eigenvalue weighted by atomic mass is 35.5. The fourth-order valence-electron chi connectivity index (χ4n) is 1.29. The van der Waals surface area contributed by atoms with Gasteiger partial charge in [0.2, 0.25) is 5.91 Å². The molecule has 0 aliphatic carbocycles. The summed E-state index contributed by atoms with van der Waals surface area (Å²) in [5, 5.41) is 3.48. The molecule has 1 aromatic rings. The van der Waals surface area contributed by atoms with Crippen molar-refractivity contribution in [1.29, 1.82) is 0 Å². The summed E-state index contributed by atoms with van der Waals surface area (Å²) in [5.41, 5.74) is 1.73. The Morgan fingerprint density at radius 3 is 2.88 bits per heavy atom. The lowest BCUT2D eigenvalue weighted by molar-refractivity contribution is -0.119. The average Bonchev–Trinajstić information content (AvgIpc) is 2.24. The van der Waals surface area contributed by atoms with E-state index in [2.05, 4.69) is 11.9 Å². The van der Waals surface area contributed by atoms with Gasteiger partial charge in [0.05, 0.1) is 0 Å². The number of rotatable bonds is 4. The third-order valence-electron chi connectivity index (χ3n) is 2.41. The SMILES string of the molecule is C=CCC(C)C(=O)Nc1ccc(C)c(Cl)c1. The lowest BCUT2D eigenvalue weighted by Crippen LogP contribution is -2.19. The van der Waals surface area contributed by atoms with Gasteiger partial charge in [-0.2, -0.15) is 0 Å². The highest BCUT2D eigenvalue weighted by Gasteiger charge is 2.11. The molecule has 0 aliphatic heterocycles. The molecule has 0 spiro atoms. The third kappa shape index (κ3) is 3.38. The summed E-state index contributed by atoms with van der Waals surface area (Å²) >= 11 is 5.97. The van der Waals surface area contributed by atoms with Gasteiger partial charge in [0, 0.05) is 16.6 Å². The molecule has 1 aromatic carbocycles. The number of amides is 1. The highest BCUT2D eigenvalue weighted by molar-refractivity contribution is 6.31.